The van der Waals surface area contributed by atoms with E-state index in [0.29, 0.717) is 35.4 Å². The van der Waals surface area contributed by atoms with Crippen molar-refractivity contribution in [3.8, 4) is 5.75 Å². The minimum absolute atomic E-state index is 0.00306. The number of nitrogens with two attached hydrogens (primary N) is 1. The summed E-state index contributed by atoms with van der Waals surface area (Å²) in [5, 5.41) is 0.734. The van der Waals surface area contributed by atoms with Crippen LogP contribution in [0.5, 0.6) is 5.75 Å². The molecule has 0 spiro atoms. The highest BCUT2D eigenvalue weighted by Gasteiger charge is 2.36. The van der Waals surface area contributed by atoms with E-state index in [-0.39, 0.29) is 11.3 Å². The molecule has 1 aromatic carbocycles. The maximum absolute atomic E-state index is 12.4. The smallest absolute Gasteiger partial charge is 0.263 e. The van der Waals surface area contributed by atoms with Crippen LogP contribution in [-0.2, 0) is 4.79 Å². The molecule has 2 atom stereocenters. The lowest BCUT2D eigenvalue weighted by molar-refractivity contribution is -0.137. The number of halogens is 2. The summed E-state index contributed by atoms with van der Waals surface area (Å²) in [5.41, 5.74) is 5.77. The van der Waals surface area contributed by atoms with Crippen molar-refractivity contribution in [2.24, 2.45) is 11.1 Å². The lowest BCUT2D eigenvalue weighted by Gasteiger charge is -2.25. The van der Waals surface area contributed by atoms with Crippen LogP contribution in [0, 0.1) is 5.41 Å². The SMILES string of the molecule is CC(Oc1cccc(Cl)c1Cl)C(=O)N1CCC(C)(CN)C1. The summed E-state index contributed by atoms with van der Waals surface area (Å²) in [7, 11) is 0. The third kappa shape index (κ3) is 3.62. The van der Waals surface area contributed by atoms with Crippen LogP contribution in [0.25, 0.3) is 0 Å². The summed E-state index contributed by atoms with van der Waals surface area (Å²) in [6, 6.07) is 5.12. The van der Waals surface area contributed by atoms with Crippen LogP contribution >= 0.6 is 23.2 Å². The lowest BCUT2D eigenvalue weighted by atomic mass is 9.90. The number of hydrogen-bond acceptors (Lipinski definition) is 3. The summed E-state index contributed by atoms with van der Waals surface area (Å²) < 4.78 is 5.66. The van der Waals surface area contributed by atoms with Gasteiger partial charge in [-0.3, -0.25) is 4.79 Å². The van der Waals surface area contributed by atoms with Gasteiger partial charge in [-0.05, 0) is 37.4 Å². The Balaban J connectivity index is 2.02. The summed E-state index contributed by atoms with van der Waals surface area (Å²) in [6.07, 6.45) is 0.306. The molecule has 1 heterocycles. The van der Waals surface area contributed by atoms with E-state index >= 15 is 0 Å². The molecule has 2 unspecified atom stereocenters. The molecule has 2 rings (SSSR count). The first-order chi connectivity index (χ1) is 9.86. The maximum atomic E-state index is 12.4. The number of benzene rings is 1. The van der Waals surface area contributed by atoms with Gasteiger partial charge in [-0.15, -0.1) is 0 Å². The molecule has 0 radical (unpaired) electrons. The number of ether oxygens (including phenoxy) is 1. The quantitative estimate of drug-likeness (QED) is 0.923. The molecule has 116 valence electrons. The van der Waals surface area contributed by atoms with E-state index < -0.39 is 6.10 Å². The molecule has 1 fully saturated rings. The van der Waals surface area contributed by atoms with E-state index in [1.165, 1.54) is 0 Å². The number of likely N-dealkylation sites (tertiary alicyclic amines) is 1. The van der Waals surface area contributed by atoms with E-state index in [4.69, 9.17) is 33.7 Å². The van der Waals surface area contributed by atoms with Crippen LogP contribution < -0.4 is 10.5 Å². The van der Waals surface area contributed by atoms with E-state index in [9.17, 15) is 4.79 Å². The van der Waals surface area contributed by atoms with E-state index in [1.54, 1.807) is 30.0 Å². The van der Waals surface area contributed by atoms with Gasteiger partial charge >= 0.3 is 0 Å². The molecule has 1 aromatic rings. The molecule has 2 N–H and O–H groups in total. The zero-order chi connectivity index (χ0) is 15.6. The molecule has 0 bridgehead atoms. The Morgan fingerprint density at radius 1 is 1.52 bits per heavy atom. The number of rotatable bonds is 4. The third-order valence-electron chi connectivity index (χ3n) is 3.93. The molecule has 1 amide bonds. The number of amides is 1. The van der Waals surface area contributed by atoms with Crippen molar-refractivity contribution in [3.05, 3.63) is 28.2 Å². The van der Waals surface area contributed by atoms with Gasteiger partial charge in [0.05, 0.1) is 5.02 Å². The van der Waals surface area contributed by atoms with Crippen LogP contribution in [-0.4, -0.2) is 36.5 Å². The molecular formula is C15H20Cl2N2O2. The van der Waals surface area contributed by atoms with Crippen molar-refractivity contribution >= 4 is 29.1 Å². The van der Waals surface area contributed by atoms with Gasteiger partial charge < -0.3 is 15.4 Å². The Morgan fingerprint density at radius 2 is 2.24 bits per heavy atom. The van der Waals surface area contributed by atoms with Crippen LogP contribution in [0.1, 0.15) is 20.3 Å². The molecule has 0 aromatic heterocycles. The largest absolute Gasteiger partial charge is 0.479 e. The van der Waals surface area contributed by atoms with Gasteiger partial charge in [-0.1, -0.05) is 36.2 Å². The highest BCUT2D eigenvalue weighted by atomic mass is 35.5. The Bertz CT molecular complexity index is 538. The highest BCUT2D eigenvalue weighted by molar-refractivity contribution is 6.42. The normalized spacial score (nSPS) is 23.2. The van der Waals surface area contributed by atoms with E-state index in [0.717, 1.165) is 6.42 Å². The number of hydrogen-bond donors (Lipinski definition) is 1. The summed E-state index contributed by atoms with van der Waals surface area (Å²) >= 11 is 12.0. The summed E-state index contributed by atoms with van der Waals surface area (Å²) in [4.78, 5) is 14.2. The van der Waals surface area contributed by atoms with Crippen molar-refractivity contribution in [2.45, 2.75) is 26.4 Å². The molecule has 1 saturated heterocycles. The van der Waals surface area contributed by atoms with Crippen molar-refractivity contribution in [1.82, 2.24) is 4.90 Å². The van der Waals surface area contributed by atoms with Gasteiger partial charge in [0.2, 0.25) is 0 Å². The summed E-state index contributed by atoms with van der Waals surface area (Å²) in [5.74, 6) is 0.369. The fourth-order valence-electron chi connectivity index (χ4n) is 2.45. The topological polar surface area (TPSA) is 55.6 Å². The first-order valence-electron chi connectivity index (χ1n) is 6.96. The van der Waals surface area contributed by atoms with Crippen molar-refractivity contribution in [1.29, 1.82) is 0 Å². The van der Waals surface area contributed by atoms with Gasteiger partial charge in [0.25, 0.3) is 5.91 Å². The Labute approximate surface area is 135 Å². The van der Waals surface area contributed by atoms with Gasteiger partial charge in [-0.25, -0.2) is 0 Å². The average molecular weight is 331 g/mol. The molecule has 1 aliphatic rings. The lowest BCUT2D eigenvalue weighted by Crippen LogP contribution is -2.41. The fraction of sp³-hybridized carbons (Fsp3) is 0.533. The van der Waals surface area contributed by atoms with Gasteiger partial charge in [0.1, 0.15) is 10.8 Å². The minimum Gasteiger partial charge on any atom is -0.479 e. The van der Waals surface area contributed by atoms with Crippen molar-refractivity contribution < 1.29 is 9.53 Å². The highest BCUT2D eigenvalue weighted by Crippen LogP contribution is 2.33. The zero-order valence-electron chi connectivity index (χ0n) is 12.2. The second-order valence-electron chi connectivity index (χ2n) is 5.84. The predicted molar refractivity (Wildman–Crippen MR) is 84.9 cm³/mol. The van der Waals surface area contributed by atoms with E-state index in [1.807, 2.05) is 0 Å². The van der Waals surface area contributed by atoms with Gasteiger partial charge in [0.15, 0.2) is 6.10 Å². The molecule has 1 aliphatic heterocycles. The van der Waals surface area contributed by atoms with Crippen molar-refractivity contribution in [2.75, 3.05) is 19.6 Å². The maximum Gasteiger partial charge on any atom is 0.263 e. The van der Waals surface area contributed by atoms with Crippen LogP contribution in [0.2, 0.25) is 10.0 Å². The first kappa shape index (κ1) is 16.4. The minimum atomic E-state index is -0.610. The van der Waals surface area contributed by atoms with Gasteiger partial charge in [-0.2, -0.15) is 0 Å². The zero-order valence-corrected chi connectivity index (χ0v) is 13.7. The standard InChI is InChI=1S/C15H20Cl2N2O2/c1-10(21-12-5-3-4-11(16)13(12)17)14(20)19-7-6-15(2,8-18)9-19/h3-5,10H,6-9,18H2,1-2H3. The summed E-state index contributed by atoms with van der Waals surface area (Å²) in [6.45, 7) is 5.77. The van der Waals surface area contributed by atoms with Crippen LogP contribution in [0.4, 0.5) is 0 Å². The molecule has 4 nitrogen and oxygen atoms in total. The monoisotopic (exact) mass is 330 g/mol. The second kappa shape index (κ2) is 6.42. The molecule has 0 saturated carbocycles. The number of nitrogens with zero attached hydrogens (tertiary/aromatic N) is 1. The van der Waals surface area contributed by atoms with Crippen molar-refractivity contribution in [3.63, 3.8) is 0 Å². The Morgan fingerprint density at radius 3 is 2.86 bits per heavy atom. The molecule has 21 heavy (non-hydrogen) atoms. The van der Waals surface area contributed by atoms with E-state index in [2.05, 4.69) is 6.92 Å². The Kier molecular flexibility index (Phi) is 5.02. The fourth-order valence-corrected chi connectivity index (χ4v) is 2.79. The molecule has 6 heteroatoms. The molecular weight excluding hydrogens is 311 g/mol. The van der Waals surface area contributed by atoms with Crippen LogP contribution in [0.15, 0.2) is 18.2 Å². The average Bonchev–Trinajstić information content (AvgIpc) is 2.86. The Hall–Kier alpha value is -0.970. The van der Waals surface area contributed by atoms with Crippen LogP contribution in [0.3, 0.4) is 0 Å². The predicted octanol–water partition coefficient (Wildman–Crippen LogP) is 2.96. The first-order valence-corrected chi connectivity index (χ1v) is 7.71. The number of carbonyl (C=O) groups is 1. The second-order valence-corrected chi connectivity index (χ2v) is 6.62. The number of carbonyl (C=O) groups excluding carboxylic acids is 1. The third-order valence-corrected chi connectivity index (χ3v) is 4.73. The van der Waals surface area contributed by atoms with Gasteiger partial charge in [0, 0.05) is 13.1 Å². The molecule has 0 aliphatic carbocycles.